The van der Waals surface area contributed by atoms with Crippen molar-refractivity contribution in [2.24, 2.45) is 11.7 Å². The summed E-state index contributed by atoms with van der Waals surface area (Å²) in [4.78, 5) is 27.3. The van der Waals surface area contributed by atoms with Crippen molar-refractivity contribution in [2.45, 2.75) is 38.6 Å². The van der Waals surface area contributed by atoms with Crippen LogP contribution in [0.2, 0.25) is 0 Å². The highest BCUT2D eigenvalue weighted by atomic mass is 16.5. The number of hydrogen-bond donors (Lipinski definition) is 2. The van der Waals surface area contributed by atoms with Crippen LogP contribution in [0.3, 0.4) is 0 Å². The first kappa shape index (κ1) is 21.8. The van der Waals surface area contributed by atoms with Gasteiger partial charge in [-0.05, 0) is 67.8 Å². The molecule has 30 heavy (non-hydrogen) atoms. The maximum Gasteiger partial charge on any atom is 0.254 e. The maximum absolute atomic E-state index is 13.1. The van der Waals surface area contributed by atoms with E-state index in [1.807, 2.05) is 24.3 Å². The van der Waals surface area contributed by atoms with Crippen molar-refractivity contribution in [3.63, 3.8) is 0 Å². The number of nitrogens with one attached hydrogen (secondary N) is 1. The zero-order chi connectivity index (χ0) is 21.3. The first-order chi connectivity index (χ1) is 14.6. The van der Waals surface area contributed by atoms with Crippen LogP contribution in [0.15, 0.2) is 48.5 Å². The summed E-state index contributed by atoms with van der Waals surface area (Å²) in [5.74, 6) is 0.877. The first-order valence-corrected chi connectivity index (χ1v) is 10.6. The van der Waals surface area contributed by atoms with Gasteiger partial charge in [-0.3, -0.25) is 9.59 Å². The van der Waals surface area contributed by atoms with Gasteiger partial charge in [0.05, 0.1) is 7.11 Å². The molecule has 0 atom stereocenters. The topological polar surface area (TPSA) is 84.7 Å². The average Bonchev–Trinajstić information content (AvgIpc) is 3.32. The molecule has 0 bridgehead atoms. The van der Waals surface area contributed by atoms with Crippen LogP contribution in [0.5, 0.6) is 5.75 Å². The van der Waals surface area contributed by atoms with Crippen LogP contribution in [0.1, 0.15) is 48.0 Å². The zero-order valence-corrected chi connectivity index (χ0v) is 17.6. The molecule has 2 aromatic rings. The van der Waals surface area contributed by atoms with E-state index < -0.39 is 0 Å². The number of benzene rings is 2. The molecule has 2 amide bonds. The number of methoxy groups -OCH3 is 1. The summed E-state index contributed by atoms with van der Waals surface area (Å²) in [6.07, 6.45) is 4.91. The van der Waals surface area contributed by atoms with Gasteiger partial charge in [-0.25, -0.2) is 0 Å². The Balaban J connectivity index is 1.70. The molecule has 3 N–H and O–H groups in total. The third kappa shape index (κ3) is 5.83. The highest BCUT2D eigenvalue weighted by Crippen LogP contribution is 2.26. The van der Waals surface area contributed by atoms with Gasteiger partial charge in [0, 0.05) is 30.3 Å². The summed E-state index contributed by atoms with van der Waals surface area (Å²) in [6.45, 7) is 1.54. The van der Waals surface area contributed by atoms with Crippen LogP contribution in [0.25, 0.3) is 0 Å². The molecule has 0 heterocycles. The van der Waals surface area contributed by atoms with Crippen molar-refractivity contribution in [1.29, 1.82) is 0 Å². The smallest absolute Gasteiger partial charge is 0.254 e. The van der Waals surface area contributed by atoms with Gasteiger partial charge in [-0.15, -0.1) is 0 Å². The lowest BCUT2D eigenvalue weighted by molar-refractivity contribution is -0.119. The number of ether oxygens (including phenoxy) is 1. The fourth-order valence-electron chi connectivity index (χ4n) is 3.85. The number of carbonyl (C=O) groups is 2. The van der Waals surface area contributed by atoms with Gasteiger partial charge in [0.15, 0.2) is 0 Å². The monoisotopic (exact) mass is 409 g/mol. The molecular weight excluding hydrogens is 378 g/mol. The van der Waals surface area contributed by atoms with Gasteiger partial charge < -0.3 is 20.7 Å². The molecule has 160 valence electrons. The van der Waals surface area contributed by atoms with Crippen molar-refractivity contribution in [3.8, 4) is 5.75 Å². The lowest BCUT2D eigenvalue weighted by Crippen LogP contribution is -2.32. The third-order valence-corrected chi connectivity index (χ3v) is 5.55. The molecule has 0 unspecified atom stereocenters. The van der Waals surface area contributed by atoms with Crippen molar-refractivity contribution < 1.29 is 14.3 Å². The molecule has 2 aromatic carbocycles. The second-order valence-corrected chi connectivity index (χ2v) is 7.77. The van der Waals surface area contributed by atoms with E-state index in [4.69, 9.17) is 10.5 Å². The van der Waals surface area contributed by atoms with E-state index in [9.17, 15) is 9.59 Å². The van der Waals surface area contributed by atoms with E-state index >= 15 is 0 Å². The third-order valence-electron chi connectivity index (χ3n) is 5.55. The minimum atomic E-state index is -0.0495. The summed E-state index contributed by atoms with van der Waals surface area (Å²) < 4.78 is 5.18. The summed E-state index contributed by atoms with van der Waals surface area (Å²) in [7, 11) is 1.60. The molecule has 0 radical (unpaired) electrons. The quantitative estimate of drug-likeness (QED) is 0.659. The van der Waals surface area contributed by atoms with Crippen LogP contribution in [-0.2, 0) is 11.3 Å². The Bertz CT molecular complexity index is 845. The number of anilines is 1. The average molecular weight is 410 g/mol. The summed E-state index contributed by atoms with van der Waals surface area (Å²) in [5.41, 5.74) is 8.04. The Kier molecular flexibility index (Phi) is 7.85. The Hall–Kier alpha value is -2.86. The molecule has 1 aliphatic carbocycles. The second kappa shape index (κ2) is 10.8. The van der Waals surface area contributed by atoms with Gasteiger partial charge in [-0.2, -0.15) is 0 Å². The van der Waals surface area contributed by atoms with Gasteiger partial charge >= 0.3 is 0 Å². The first-order valence-electron chi connectivity index (χ1n) is 10.6. The van der Waals surface area contributed by atoms with E-state index in [1.165, 1.54) is 0 Å². The van der Waals surface area contributed by atoms with Crippen LogP contribution >= 0.6 is 0 Å². The SMILES string of the molecule is COc1ccc(C(=O)N(CCCN)Cc2cccc(NC(=O)C3CCCC3)c2)cc1. The Labute approximate surface area is 178 Å². The zero-order valence-electron chi connectivity index (χ0n) is 17.6. The Morgan fingerprint density at radius 1 is 1.13 bits per heavy atom. The van der Waals surface area contributed by atoms with Crippen molar-refractivity contribution in [3.05, 3.63) is 59.7 Å². The minimum Gasteiger partial charge on any atom is -0.497 e. The fraction of sp³-hybridized carbons (Fsp3) is 0.417. The van der Waals surface area contributed by atoms with Gasteiger partial charge in [0.2, 0.25) is 5.91 Å². The Morgan fingerprint density at radius 3 is 2.53 bits per heavy atom. The van der Waals surface area contributed by atoms with E-state index in [0.717, 1.165) is 43.4 Å². The van der Waals surface area contributed by atoms with Gasteiger partial charge in [-0.1, -0.05) is 25.0 Å². The molecule has 1 aliphatic rings. The largest absolute Gasteiger partial charge is 0.497 e. The number of rotatable bonds is 9. The second-order valence-electron chi connectivity index (χ2n) is 7.77. The van der Waals surface area contributed by atoms with Crippen LogP contribution in [-0.4, -0.2) is 36.9 Å². The lowest BCUT2D eigenvalue weighted by Gasteiger charge is -2.23. The van der Waals surface area contributed by atoms with Crippen LogP contribution in [0.4, 0.5) is 5.69 Å². The van der Waals surface area contributed by atoms with Crippen molar-refractivity contribution in [2.75, 3.05) is 25.5 Å². The number of hydrogen-bond acceptors (Lipinski definition) is 4. The molecule has 3 rings (SSSR count). The van der Waals surface area contributed by atoms with Crippen molar-refractivity contribution in [1.82, 2.24) is 4.90 Å². The van der Waals surface area contributed by atoms with E-state index in [-0.39, 0.29) is 17.7 Å². The summed E-state index contributed by atoms with van der Waals surface area (Å²) in [5, 5.41) is 3.04. The molecule has 0 saturated heterocycles. The molecule has 6 heteroatoms. The molecule has 6 nitrogen and oxygen atoms in total. The van der Waals surface area contributed by atoms with E-state index in [1.54, 1.807) is 36.3 Å². The number of carbonyl (C=O) groups excluding carboxylic acids is 2. The molecule has 0 spiro atoms. The molecule has 0 aliphatic heterocycles. The molecular formula is C24H31N3O3. The predicted octanol–water partition coefficient (Wildman–Crippen LogP) is 3.82. The van der Waals surface area contributed by atoms with Crippen LogP contribution in [0, 0.1) is 5.92 Å². The van der Waals surface area contributed by atoms with Gasteiger partial charge in [0.1, 0.15) is 5.75 Å². The molecule has 1 saturated carbocycles. The summed E-state index contributed by atoms with van der Waals surface area (Å²) >= 11 is 0. The number of nitrogens with zero attached hydrogens (tertiary/aromatic N) is 1. The standard InChI is InChI=1S/C24H31N3O3/c1-30-22-12-10-20(11-13-22)24(29)27(15-5-14-25)17-18-6-4-9-21(16-18)26-23(28)19-7-2-3-8-19/h4,6,9-13,16,19H,2-3,5,7-8,14-15,17,25H2,1H3,(H,26,28). The normalized spacial score (nSPS) is 13.8. The highest BCUT2D eigenvalue weighted by molar-refractivity contribution is 5.94. The minimum absolute atomic E-state index is 0.0495. The fourth-order valence-corrected chi connectivity index (χ4v) is 3.85. The van der Waals surface area contributed by atoms with E-state index in [2.05, 4.69) is 5.32 Å². The van der Waals surface area contributed by atoms with E-state index in [0.29, 0.717) is 30.9 Å². The van der Waals surface area contributed by atoms with Crippen LogP contribution < -0.4 is 15.8 Å². The predicted molar refractivity (Wildman–Crippen MR) is 118 cm³/mol. The number of amides is 2. The maximum atomic E-state index is 13.1. The summed E-state index contributed by atoms with van der Waals surface area (Å²) in [6, 6.07) is 14.8. The Morgan fingerprint density at radius 2 is 1.87 bits per heavy atom. The number of nitrogens with two attached hydrogens (primary N) is 1. The highest BCUT2D eigenvalue weighted by Gasteiger charge is 2.23. The van der Waals surface area contributed by atoms with Crippen molar-refractivity contribution >= 4 is 17.5 Å². The lowest BCUT2D eigenvalue weighted by atomic mass is 10.1. The van der Waals surface area contributed by atoms with Gasteiger partial charge in [0.25, 0.3) is 5.91 Å². The molecule has 0 aromatic heterocycles. The molecule has 1 fully saturated rings.